The number of amides is 2. The van der Waals surface area contributed by atoms with Gasteiger partial charge < -0.3 is 15.4 Å². The fourth-order valence-corrected chi connectivity index (χ4v) is 1.60. The van der Waals surface area contributed by atoms with Crippen LogP contribution in [0.5, 0.6) is 0 Å². The van der Waals surface area contributed by atoms with E-state index >= 15 is 0 Å². The van der Waals surface area contributed by atoms with Gasteiger partial charge in [0.05, 0.1) is 6.61 Å². The van der Waals surface area contributed by atoms with E-state index in [4.69, 9.17) is 0 Å². The lowest BCUT2D eigenvalue weighted by Gasteiger charge is -2.09. The van der Waals surface area contributed by atoms with Crippen molar-refractivity contribution in [3.63, 3.8) is 0 Å². The van der Waals surface area contributed by atoms with Crippen LogP contribution in [0.3, 0.4) is 0 Å². The van der Waals surface area contributed by atoms with Crippen LogP contribution in [0.25, 0.3) is 0 Å². The van der Waals surface area contributed by atoms with Gasteiger partial charge in [-0.1, -0.05) is 6.07 Å². The Balaban J connectivity index is 2.68. The number of carbonyl (C=O) groups is 3. The van der Waals surface area contributed by atoms with Crippen LogP contribution in [-0.4, -0.2) is 30.4 Å². The second kappa shape index (κ2) is 8.61. The minimum atomic E-state index is -0.581. The monoisotopic (exact) mass is 304 g/mol. The molecule has 0 atom stereocenters. The maximum Gasteiger partial charge on any atom is 0.330 e. The van der Waals surface area contributed by atoms with E-state index in [1.165, 1.54) is 0 Å². The lowest BCUT2D eigenvalue weighted by molar-refractivity contribution is -0.137. The first-order valence-electron chi connectivity index (χ1n) is 6.99. The highest BCUT2D eigenvalue weighted by Gasteiger charge is 2.08. The SMILES string of the molecule is CCOC(=O)/C=C/C(=O)Nc1cccc(C(=O)NC(C)C)c1. The van der Waals surface area contributed by atoms with E-state index in [-0.39, 0.29) is 18.6 Å². The van der Waals surface area contributed by atoms with E-state index < -0.39 is 11.9 Å². The van der Waals surface area contributed by atoms with Gasteiger partial charge in [-0.05, 0) is 39.0 Å². The van der Waals surface area contributed by atoms with E-state index in [9.17, 15) is 14.4 Å². The molecule has 0 aliphatic rings. The number of nitrogens with one attached hydrogen (secondary N) is 2. The average Bonchev–Trinajstić information content (AvgIpc) is 2.45. The summed E-state index contributed by atoms with van der Waals surface area (Å²) in [5.74, 6) is -1.27. The van der Waals surface area contributed by atoms with Gasteiger partial charge >= 0.3 is 5.97 Å². The molecule has 0 radical (unpaired) electrons. The van der Waals surface area contributed by atoms with Gasteiger partial charge in [-0.15, -0.1) is 0 Å². The third-order valence-electron chi connectivity index (χ3n) is 2.47. The van der Waals surface area contributed by atoms with Gasteiger partial charge in [0.1, 0.15) is 0 Å². The van der Waals surface area contributed by atoms with Crippen LogP contribution in [-0.2, 0) is 14.3 Å². The zero-order valence-corrected chi connectivity index (χ0v) is 12.9. The molecule has 0 aliphatic heterocycles. The fraction of sp³-hybridized carbons (Fsp3) is 0.312. The summed E-state index contributed by atoms with van der Waals surface area (Å²) in [7, 11) is 0. The van der Waals surface area contributed by atoms with Crippen LogP contribution in [0.1, 0.15) is 31.1 Å². The first-order valence-corrected chi connectivity index (χ1v) is 6.99. The third kappa shape index (κ3) is 6.21. The van der Waals surface area contributed by atoms with Gasteiger partial charge in [-0.25, -0.2) is 4.79 Å². The fourth-order valence-electron chi connectivity index (χ4n) is 1.60. The zero-order valence-electron chi connectivity index (χ0n) is 12.9. The standard InChI is InChI=1S/C16H20N2O4/c1-4-22-15(20)9-8-14(19)18-13-7-5-6-12(10-13)16(21)17-11(2)3/h5-11H,4H2,1-3H3,(H,17,21)(H,18,19)/b9-8+. The first-order chi connectivity index (χ1) is 10.4. The van der Waals surface area contributed by atoms with Gasteiger partial charge in [-0.2, -0.15) is 0 Å². The molecule has 22 heavy (non-hydrogen) atoms. The largest absolute Gasteiger partial charge is 0.463 e. The van der Waals surface area contributed by atoms with Crippen LogP contribution in [0.15, 0.2) is 36.4 Å². The van der Waals surface area contributed by atoms with E-state index in [1.54, 1.807) is 31.2 Å². The summed E-state index contributed by atoms with van der Waals surface area (Å²) in [6.07, 6.45) is 2.13. The molecular weight excluding hydrogens is 284 g/mol. The molecule has 2 amide bonds. The van der Waals surface area contributed by atoms with Crippen molar-refractivity contribution < 1.29 is 19.1 Å². The van der Waals surface area contributed by atoms with Crippen molar-refractivity contribution in [1.82, 2.24) is 5.32 Å². The number of esters is 1. The summed E-state index contributed by atoms with van der Waals surface area (Å²) in [5, 5.41) is 5.34. The molecule has 1 rings (SSSR count). The molecule has 1 aromatic carbocycles. The summed E-state index contributed by atoms with van der Waals surface area (Å²) < 4.78 is 4.67. The van der Waals surface area contributed by atoms with Gasteiger partial charge in [0.2, 0.25) is 5.91 Å². The molecule has 2 N–H and O–H groups in total. The van der Waals surface area contributed by atoms with Crippen LogP contribution in [0.4, 0.5) is 5.69 Å². The van der Waals surface area contributed by atoms with E-state index in [1.807, 2.05) is 13.8 Å². The second-order valence-electron chi connectivity index (χ2n) is 4.78. The average molecular weight is 304 g/mol. The summed E-state index contributed by atoms with van der Waals surface area (Å²) in [6.45, 7) is 5.66. The maximum absolute atomic E-state index is 11.9. The lowest BCUT2D eigenvalue weighted by Crippen LogP contribution is -2.30. The van der Waals surface area contributed by atoms with Crippen LogP contribution in [0.2, 0.25) is 0 Å². The van der Waals surface area contributed by atoms with Crippen molar-refractivity contribution in [2.45, 2.75) is 26.8 Å². The highest BCUT2D eigenvalue weighted by molar-refractivity contribution is 6.03. The predicted octanol–water partition coefficient (Wildman–Crippen LogP) is 1.88. The molecule has 0 bridgehead atoms. The molecule has 0 saturated heterocycles. The Bertz CT molecular complexity index is 579. The topological polar surface area (TPSA) is 84.5 Å². The summed E-state index contributed by atoms with van der Waals surface area (Å²) in [5.41, 5.74) is 0.913. The summed E-state index contributed by atoms with van der Waals surface area (Å²) in [6, 6.07) is 6.57. The maximum atomic E-state index is 11.9. The Kier molecular flexibility index (Phi) is 6.82. The van der Waals surface area contributed by atoms with E-state index in [0.717, 1.165) is 12.2 Å². The lowest BCUT2D eigenvalue weighted by atomic mass is 10.1. The van der Waals surface area contributed by atoms with Crippen LogP contribution >= 0.6 is 0 Å². The Hall–Kier alpha value is -2.63. The molecule has 0 saturated carbocycles. The van der Waals surface area contributed by atoms with Crippen LogP contribution in [0, 0.1) is 0 Å². The molecule has 0 fully saturated rings. The number of hydrogen-bond acceptors (Lipinski definition) is 4. The highest BCUT2D eigenvalue weighted by Crippen LogP contribution is 2.11. The molecule has 0 aliphatic carbocycles. The Morgan fingerprint density at radius 2 is 1.95 bits per heavy atom. The molecule has 0 aromatic heterocycles. The number of ether oxygens (including phenoxy) is 1. The molecule has 118 valence electrons. The van der Waals surface area contributed by atoms with Crippen molar-refractivity contribution in [2.75, 3.05) is 11.9 Å². The Labute approximate surface area is 129 Å². The molecule has 0 heterocycles. The number of rotatable bonds is 6. The predicted molar refractivity (Wildman–Crippen MR) is 83.4 cm³/mol. The number of anilines is 1. The Morgan fingerprint density at radius 1 is 1.23 bits per heavy atom. The summed E-state index contributed by atoms with van der Waals surface area (Å²) in [4.78, 5) is 34.7. The smallest absolute Gasteiger partial charge is 0.330 e. The Morgan fingerprint density at radius 3 is 2.59 bits per heavy atom. The van der Waals surface area contributed by atoms with Gasteiger partial charge in [0, 0.05) is 29.4 Å². The second-order valence-corrected chi connectivity index (χ2v) is 4.78. The summed E-state index contributed by atoms with van der Waals surface area (Å²) >= 11 is 0. The quantitative estimate of drug-likeness (QED) is 0.621. The van der Waals surface area contributed by atoms with Gasteiger partial charge in [0.25, 0.3) is 5.91 Å². The third-order valence-corrected chi connectivity index (χ3v) is 2.47. The number of hydrogen-bond donors (Lipinski definition) is 2. The van der Waals surface area contributed by atoms with Crippen molar-refractivity contribution in [3.8, 4) is 0 Å². The van der Waals surface area contributed by atoms with Crippen molar-refractivity contribution in [2.24, 2.45) is 0 Å². The van der Waals surface area contributed by atoms with E-state index in [2.05, 4.69) is 15.4 Å². The number of benzene rings is 1. The van der Waals surface area contributed by atoms with Crippen molar-refractivity contribution in [3.05, 3.63) is 42.0 Å². The molecule has 0 unspecified atom stereocenters. The minimum absolute atomic E-state index is 0.0262. The van der Waals surface area contributed by atoms with Gasteiger partial charge in [0.15, 0.2) is 0 Å². The molecule has 1 aromatic rings. The van der Waals surface area contributed by atoms with E-state index in [0.29, 0.717) is 11.3 Å². The number of carbonyl (C=O) groups excluding carboxylic acids is 3. The zero-order chi connectivity index (χ0) is 16.5. The van der Waals surface area contributed by atoms with Gasteiger partial charge in [-0.3, -0.25) is 9.59 Å². The van der Waals surface area contributed by atoms with Crippen molar-refractivity contribution >= 4 is 23.5 Å². The first kappa shape index (κ1) is 17.4. The molecular formula is C16H20N2O4. The molecule has 6 nitrogen and oxygen atoms in total. The molecule has 6 heteroatoms. The van der Waals surface area contributed by atoms with Crippen LogP contribution < -0.4 is 10.6 Å². The normalized spacial score (nSPS) is 10.5. The van der Waals surface area contributed by atoms with Crippen molar-refractivity contribution in [1.29, 1.82) is 0 Å². The molecule has 0 spiro atoms. The highest BCUT2D eigenvalue weighted by atomic mass is 16.5. The minimum Gasteiger partial charge on any atom is -0.463 e.